The van der Waals surface area contributed by atoms with Crippen molar-refractivity contribution in [2.75, 3.05) is 31.1 Å². The topological polar surface area (TPSA) is 107 Å². The molecule has 0 radical (unpaired) electrons. The highest BCUT2D eigenvalue weighted by Crippen LogP contribution is 2.31. The monoisotopic (exact) mass is 511 g/mol. The van der Waals surface area contributed by atoms with Gasteiger partial charge in [0.25, 0.3) is 0 Å². The first-order valence-electron chi connectivity index (χ1n) is 11.1. The van der Waals surface area contributed by atoms with Crippen molar-refractivity contribution in [3.05, 3.63) is 58.4 Å². The first-order chi connectivity index (χ1) is 17.4. The highest BCUT2D eigenvalue weighted by atomic mass is 35.5. The van der Waals surface area contributed by atoms with Gasteiger partial charge in [0.05, 0.1) is 35.1 Å². The number of hydrogen-bond acceptors (Lipinski definition) is 7. The number of amides is 2. The number of halogens is 3. The van der Waals surface area contributed by atoms with Gasteiger partial charge in [-0.1, -0.05) is 11.6 Å². The van der Waals surface area contributed by atoms with Crippen LogP contribution in [-0.4, -0.2) is 68.1 Å². The lowest BCUT2D eigenvalue weighted by atomic mass is 10.0. The predicted octanol–water partition coefficient (Wildman–Crippen LogP) is 3.36. The highest BCUT2D eigenvalue weighted by Gasteiger charge is 2.34. The first-order valence-corrected chi connectivity index (χ1v) is 11.5. The van der Waals surface area contributed by atoms with Crippen LogP contribution in [0.4, 0.5) is 19.5 Å². The molecule has 13 heteroatoms. The summed E-state index contributed by atoms with van der Waals surface area (Å²) < 4.78 is 29.9. The molecule has 3 aromatic rings. The summed E-state index contributed by atoms with van der Waals surface area (Å²) in [6, 6.07) is 5.15. The second kappa shape index (κ2) is 9.50. The van der Waals surface area contributed by atoms with Gasteiger partial charge in [0.1, 0.15) is 17.2 Å². The molecule has 2 amide bonds. The number of piperazine rings is 1. The highest BCUT2D eigenvalue weighted by molar-refractivity contribution is 6.32. The number of rotatable bonds is 3. The molecule has 36 heavy (non-hydrogen) atoms. The van der Waals surface area contributed by atoms with Gasteiger partial charge in [-0.05, 0) is 23.8 Å². The third-order valence-corrected chi connectivity index (χ3v) is 6.42. The van der Waals surface area contributed by atoms with Crippen molar-refractivity contribution in [1.82, 2.24) is 29.7 Å². The van der Waals surface area contributed by atoms with Gasteiger partial charge in [0, 0.05) is 45.9 Å². The summed E-state index contributed by atoms with van der Waals surface area (Å²) in [6.07, 6.45) is 4.54. The zero-order valence-electron chi connectivity index (χ0n) is 19.1. The van der Waals surface area contributed by atoms with E-state index in [1.807, 2.05) is 11.0 Å². The number of aromatic nitrogens is 4. The van der Waals surface area contributed by atoms with E-state index < -0.39 is 17.7 Å². The van der Waals surface area contributed by atoms with Gasteiger partial charge in [-0.3, -0.25) is 4.68 Å². The maximum Gasteiger partial charge on any atom is 0.341 e. The molecule has 0 N–H and O–H groups in total. The summed E-state index contributed by atoms with van der Waals surface area (Å²) in [6.45, 7) is 1.53. The summed E-state index contributed by atoms with van der Waals surface area (Å²) in [7, 11) is 1.64. The van der Waals surface area contributed by atoms with Crippen LogP contribution >= 0.6 is 11.6 Å². The Morgan fingerprint density at radius 3 is 2.64 bits per heavy atom. The number of urea groups is 1. The third kappa shape index (κ3) is 4.33. The second-order valence-electron chi connectivity index (χ2n) is 8.37. The molecule has 0 saturated carbocycles. The summed E-state index contributed by atoms with van der Waals surface area (Å²) in [5, 5.41) is 19.0. The van der Waals surface area contributed by atoms with E-state index in [9.17, 15) is 13.6 Å². The Morgan fingerprint density at radius 2 is 1.94 bits per heavy atom. The largest absolute Gasteiger partial charge is 0.341 e. The summed E-state index contributed by atoms with van der Waals surface area (Å²) in [5.74, 6) is -0.840. The molecule has 5 rings (SSSR count). The lowest BCUT2D eigenvalue weighted by Crippen LogP contribution is -2.52. The standard InChI is InChI=1S/C23H20ClF2N9O/c1-32-21(17(24)12-30-32)20-18(26)13-28-22(31-20)33-4-6-34(7-5-33)23(36)35-19(2-3-29-35)15-8-14(11-27)9-16(25)10-15/h3,8-10,12-13,19H,2,4-7H2,1H3/t19-/m0/s1. The Labute approximate surface area is 210 Å². The van der Waals surface area contributed by atoms with E-state index in [-0.39, 0.29) is 22.3 Å². The summed E-state index contributed by atoms with van der Waals surface area (Å²) >= 11 is 6.17. The Bertz CT molecular complexity index is 1380. The fraction of sp³-hybridized carbons (Fsp3) is 0.304. The molecule has 2 aliphatic rings. The maximum atomic E-state index is 14.5. The van der Waals surface area contributed by atoms with Crippen LogP contribution in [0.1, 0.15) is 23.6 Å². The molecule has 1 aromatic carbocycles. The van der Waals surface area contributed by atoms with E-state index >= 15 is 0 Å². The van der Waals surface area contributed by atoms with Crippen LogP contribution in [0.25, 0.3) is 11.4 Å². The average Bonchev–Trinajstić information content (AvgIpc) is 3.50. The zero-order valence-corrected chi connectivity index (χ0v) is 19.9. The molecule has 1 fully saturated rings. The summed E-state index contributed by atoms with van der Waals surface area (Å²) in [4.78, 5) is 25.2. The Balaban J connectivity index is 1.29. The Morgan fingerprint density at radius 1 is 1.17 bits per heavy atom. The number of nitrogens with zero attached hydrogens (tertiary/aromatic N) is 9. The molecule has 0 spiro atoms. The third-order valence-electron chi connectivity index (χ3n) is 6.14. The van der Waals surface area contributed by atoms with Crippen molar-refractivity contribution < 1.29 is 13.6 Å². The van der Waals surface area contributed by atoms with E-state index in [4.69, 9.17) is 16.9 Å². The number of nitriles is 1. The van der Waals surface area contributed by atoms with E-state index in [1.54, 1.807) is 24.2 Å². The molecule has 0 unspecified atom stereocenters. The van der Waals surface area contributed by atoms with E-state index in [0.717, 1.165) is 12.3 Å². The minimum absolute atomic E-state index is 0.0459. The van der Waals surface area contributed by atoms with Gasteiger partial charge < -0.3 is 9.80 Å². The molecule has 2 aromatic heterocycles. The van der Waals surface area contributed by atoms with Gasteiger partial charge in [0.15, 0.2) is 5.82 Å². The molecule has 4 heterocycles. The van der Waals surface area contributed by atoms with Crippen LogP contribution in [0, 0.1) is 23.0 Å². The van der Waals surface area contributed by atoms with Crippen molar-refractivity contribution in [2.24, 2.45) is 12.1 Å². The fourth-order valence-corrected chi connectivity index (χ4v) is 4.60. The Hall–Kier alpha value is -4.11. The quantitative estimate of drug-likeness (QED) is 0.534. The molecule has 1 atom stereocenters. The molecule has 10 nitrogen and oxygen atoms in total. The van der Waals surface area contributed by atoms with Crippen LogP contribution in [0.3, 0.4) is 0 Å². The number of carbonyl (C=O) groups is 1. The van der Waals surface area contributed by atoms with Crippen molar-refractivity contribution in [2.45, 2.75) is 12.5 Å². The van der Waals surface area contributed by atoms with Crippen LogP contribution < -0.4 is 4.90 Å². The number of hydrogen-bond donors (Lipinski definition) is 0. The molecule has 0 aliphatic carbocycles. The number of benzene rings is 1. The predicted molar refractivity (Wildman–Crippen MR) is 127 cm³/mol. The minimum Gasteiger partial charge on any atom is -0.337 e. The zero-order chi connectivity index (χ0) is 25.4. The average molecular weight is 512 g/mol. The molecular weight excluding hydrogens is 492 g/mol. The van der Waals surface area contributed by atoms with Crippen molar-refractivity contribution >= 4 is 29.8 Å². The van der Waals surface area contributed by atoms with Crippen LogP contribution in [-0.2, 0) is 7.05 Å². The van der Waals surface area contributed by atoms with Crippen molar-refractivity contribution in [3.8, 4) is 17.5 Å². The van der Waals surface area contributed by atoms with Crippen molar-refractivity contribution in [1.29, 1.82) is 5.26 Å². The molecular formula is C23H20ClF2N9O. The van der Waals surface area contributed by atoms with Gasteiger partial charge in [-0.25, -0.2) is 28.6 Å². The maximum absolute atomic E-state index is 14.5. The first kappa shape index (κ1) is 23.6. The van der Waals surface area contributed by atoms with Crippen LogP contribution in [0.15, 0.2) is 35.7 Å². The lowest BCUT2D eigenvalue weighted by molar-refractivity contribution is 0.139. The molecule has 2 aliphatic heterocycles. The van der Waals surface area contributed by atoms with E-state index in [2.05, 4.69) is 20.2 Å². The Kier molecular flexibility index (Phi) is 6.24. The smallest absolute Gasteiger partial charge is 0.337 e. The van der Waals surface area contributed by atoms with Crippen LogP contribution in [0.5, 0.6) is 0 Å². The fourth-order valence-electron chi connectivity index (χ4n) is 4.34. The van der Waals surface area contributed by atoms with Gasteiger partial charge in [0.2, 0.25) is 5.95 Å². The lowest BCUT2D eigenvalue weighted by Gasteiger charge is -2.37. The minimum atomic E-state index is -0.618. The molecule has 184 valence electrons. The SMILES string of the molecule is Cn1ncc(Cl)c1-c1nc(N2CCN(C(=O)N3N=CC[C@H]3c3cc(F)cc(C#N)c3)CC2)ncc1F. The number of aryl methyl sites for hydroxylation is 1. The van der Waals surface area contributed by atoms with Gasteiger partial charge >= 0.3 is 6.03 Å². The molecule has 0 bridgehead atoms. The number of anilines is 1. The van der Waals surface area contributed by atoms with Gasteiger partial charge in [-0.15, -0.1) is 0 Å². The van der Waals surface area contributed by atoms with Gasteiger partial charge in [-0.2, -0.15) is 15.5 Å². The number of carbonyl (C=O) groups excluding carboxylic acids is 1. The van der Waals surface area contributed by atoms with Crippen molar-refractivity contribution in [3.63, 3.8) is 0 Å². The normalized spacial score (nSPS) is 17.5. The molecule has 1 saturated heterocycles. The number of hydrazone groups is 1. The summed E-state index contributed by atoms with van der Waals surface area (Å²) in [5.41, 5.74) is 1.09. The second-order valence-corrected chi connectivity index (χ2v) is 8.77. The van der Waals surface area contributed by atoms with E-state index in [1.165, 1.54) is 22.0 Å². The van der Waals surface area contributed by atoms with E-state index in [0.29, 0.717) is 49.8 Å². The van der Waals surface area contributed by atoms with Crippen LogP contribution in [0.2, 0.25) is 5.02 Å².